The van der Waals surface area contributed by atoms with Crippen molar-refractivity contribution >= 4 is 17.3 Å². The predicted octanol–water partition coefficient (Wildman–Crippen LogP) is 2.12. The molecule has 2 heterocycles. The number of hydrogen-bond donors (Lipinski definition) is 2. The molecule has 23 heavy (non-hydrogen) atoms. The van der Waals surface area contributed by atoms with Crippen molar-refractivity contribution in [1.29, 1.82) is 0 Å². The van der Waals surface area contributed by atoms with E-state index >= 15 is 0 Å². The molecule has 1 saturated heterocycles. The fourth-order valence-electron chi connectivity index (χ4n) is 2.81. The number of H-pyrrole nitrogens is 1. The van der Waals surface area contributed by atoms with E-state index < -0.39 is 0 Å². The van der Waals surface area contributed by atoms with Crippen LogP contribution in [0.15, 0.2) is 42.6 Å². The standard InChI is InChI=1S/C18H24N4O/c1-21-9-11-22(12-10-21)14-17(23)13-15-4-6-16(7-5-15)20-18-3-2-8-19-18/h2-8,19-20H,9-14H2,1H3. The summed E-state index contributed by atoms with van der Waals surface area (Å²) in [5, 5.41) is 3.28. The highest BCUT2D eigenvalue weighted by Crippen LogP contribution is 2.15. The van der Waals surface area contributed by atoms with E-state index in [1.165, 1.54) is 0 Å². The zero-order chi connectivity index (χ0) is 16.1. The lowest BCUT2D eigenvalue weighted by atomic mass is 10.1. The molecule has 1 aromatic heterocycles. The van der Waals surface area contributed by atoms with E-state index in [1.54, 1.807) is 0 Å². The molecule has 0 aliphatic carbocycles. The van der Waals surface area contributed by atoms with Crippen molar-refractivity contribution in [2.24, 2.45) is 0 Å². The van der Waals surface area contributed by atoms with Crippen LogP contribution < -0.4 is 5.32 Å². The zero-order valence-corrected chi connectivity index (χ0v) is 13.6. The van der Waals surface area contributed by atoms with Gasteiger partial charge in [-0.2, -0.15) is 0 Å². The zero-order valence-electron chi connectivity index (χ0n) is 13.6. The van der Waals surface area contributed by atoms with Gasteiger partial charge in [0.15, 0.2) is 5.78 Å². The number of hydrogen-bond acceptors (Lipinski definition) is 4. The van der Waals surface area contributed by atoms with E-state index in [9.17, 15) is 4.79 Å². The first-order valence-corrected chi connectivity index (χ1v) is 8.11. The summed E-state index contributed by atoms with van der Waals surface area (Å²) in [5.41, 5.74) is 2.09. The number of Topliss-reactive ketones (excluding diaryl/α,β-unsaturated/α-hetero) is 1. The number of anilines is 2. The summed E-state index contributed by atoms with van der Waals surface area (Å²) >= 11 is 0. The highest BCUT2D eigenvalue weighted by molar-refractivity contribution is 5.83. The second kappa shape index (κ2) is 7.44. The lowest BCUT2D eigenvalue weighted by molar-refractivity contribution is -0.119. The van der Waals surface area contributed by atoms with Gasteiger partial charge in [-0.05, 0) is 36.9 Å². The van der Waals surface area contributed by atoms with Crippen LogP contribution in [0.2, 0.25) is 0 Å². The number of likely N-dealkylation sites (N-methyl/N-ethyl adjacent to an activating group) is 1. The lowest BCUT2D eigenvalue weighted by Crippen LogP contribution is -2.46. The Balaban J connectivity index is 1.48. The van der Waals surface area contributed by atoms with Crippen LogP contribution in [-0.4, -0.2) is 60.3 Å². The highest BCUT2D eigenvalue weighted by atomic mass is 16.1. The third-order valence-electron chi connectivity index (χ3n) is 4.23. The Morgan fingerprint density at radius 1 is 1.13 bits per heavy atom. The smallest absolute Gasteiger partial charge is 0.151 e. The number of nitrogens with zero attached hydrogens (tertiary/aromatic N) is 2. The molecule has 0 atom stereocenters. The maximum Gasteiger partial charge on any atom is 0.151 e. The summed E-state index contributed by atoms with van der Waals surface area (Å²) in [4.78, 5) is 19.9. The molecular weight excluding hydrogens is 288 g/mol. The summed E-state index contributed by atoms with van der Waals surface area (Å²) in [6.07, 6.45) is 2.39. The number of aromatic nitrogens is 1. The normalized spacial score (nSPS) is 16.4. The number of nitrogens with one attached hydrogen (secondary N) is 2. The van der Waals surface area contributed by atoms with E-state index in [-0.39, 0.29) is 0 Å². The van der Waals surface area contributed by atoms with Crippen LogP contribution in [0.4, 0.5) is 11.5 Å². The largest absolute Gasteiger partial charge is 0.348 e. The fraction of sp³-hybridized carbons (Fsp3) is 0.389. The second-order valence-electron chi connectivity index (χ2n) is 6.20. The van der Waals surface area contributed by atoms with Crippen molar-refractivity contribution in [2.45, 2.75) is 6.42 Å². The molecule has 5 heteroatoms. The minimum Gasteiger partial charge on any atom is -0.348 e. The number of piperazine rings is 1. The van der Waals surface area contributed by atoms with Crippen molar-refractivity contribution in [1.82, 2.24) is 14.8 Å². The molecule has 2 aromatic rings. The van der Waals surface area contributed by atoms with Crippen LogP contribution in [0.1, 0.15) is 5.56 Å². The number of rotatable bonds is 6. The first-order chi connectivity index (χ1) is 11.2. The van der Waals surface area contributed by atoms with Gasteiger partial charge in [0.2, 0.25) is 0 Å². The van der Waals surface area contributed by atoms with E-state index in [1.807, 2.05) is 42.6 Å². The van der Waals surface area contributed by atoms with Gasteiger partial charge >= 0.3 is 0 Å². The molecule has 0 radical (unpaired) electrons. The number of benzene rings is 1. The van der Waals surface area contributed by atoms with Gasteiger partial charge in [0, 0.05) is 44.5 Å². The number of ketones is 1. The molecule has 0 saturated carbocycles. The lowest BCUT2D eigenvalue weighted by Gasteiger charge is -2.31. The topological polar surface area (TPSA) is 51.4 Å². The Kier molecular flexibility index (Phi) is 5.10. The van der Waals surface area contributed by atoms with E-state index in [0.717, 1.165) is 43.2 Å². The fourth-order valence-corrected chi connectivity index (χ4v) is 2.81. The van der Waals surface area contributed by atoms with Crippen LogP contribution in [0.3, 0.4) is 0 Å². The molecule has 2 N–H and O–H groups in total. The number of carbonyl (C=O) groups is 1. The average Bonchev–Trinajstić information content (AvgIpc) is 3.04. The number of aromatic amines is 1. The molecule has 1 aliphatic heterocycles. The van der Waals surface area contributed by atoms with Crippen LogP contribution >= 0.6 is 0 Å². The van der Waals surface area contributed by atoms with Crippen molar-refractivity contribution in [3.8, 4) is 0 Å². The van der Waals surface area contributed by atoms with Gasteiger partial charge in [-0.3, -0.25) is 9.69 Å². The molecule has 1 aliphatic rings. The van der Waals surface area contributed by atoms with Crippen LogP contribution in [0, 0.1) is 0 Å². The molecule has 5 nitrogen and oxygen atoms in total. The predicted molar refractivity (Wildman–Crippen MR) is 93.2 cm³/mol. The van der Waals surface area contributed by atoms with Crippen molar-refractivity contribution in [3.05, 3.63) is 48.2 Å². The Morgan fingerprint density at radius 2 is 1.87 bits per heavy atom. The Labute approximate surface area is 137 Å². The molecule has 1 aromatic carbocycles. The van der Waals surface area contributed by atoms with E-state index in [0.29, 0.717) is 18.7 Å². The van der Waals surface area contributed by atoms with Crippen molar-refractivity contribution in [2.75, 3.05) is 45.1 Å². The van der Waals surface area contributed by atoms with Crippen LogP contribution in [-0.2, 0) is 11.2 Å². The molecule has 0 bridgehead atoms. The molecule has 122 valence electrons. The molecule has 3 rings (SSSR count). The van der Waals surface area contributed by atoms with Gasteiger partial charge in [-0.1, -0.05) is 12.1 Å². The van der Waals surface area contributed by atoms with Gasteiger partial charge in [0.05, 0.1) is 6.54 Å². The third-order valence-corrected chi connectivity index (χ3v) is 4.23. The third kappa shape index (κ3) is 4.68. The van der Waals surface area contributed by atoms with Gasteiger partial charge in [0.1, 0.15) is 5.82 Å². The minimum atomic E-state index is 0.291. The van der Waals surface area contributed by atoms with Crippen LogP contribution in [0.5, 0.6) is 0 Å². The molecule has 0 amide bonds. The Hall–Kier alpha value is -2.11. The molecule has 0 unspecified atom stereocenters. The highest BCUT2D eigenvalue weighted by Gasteiger charge is 2.16. The first kappa shape index (κ1) is 15.8. The van der Waals surface area contributed by atoms with Gasteiger partial charge in [-0.15, -0.1) is 0 Å². The van der Waals surface area contributed by atoms with Gasteiger partial charge in [-0.25, -0.2) is 0 Å². The van der Waals surface area contributed by atoms with E-state index in [4.69, 9.17) is 0 Å². The van der Waals surface area contributed by atoms with Crippen molar-refractivity contribution in [3.63, 3.8) is 0 Å². The van der Waals surface area contributed by atoms with Gasteiger partial charge < -0.3 is 15.2 Å². The first-order valence-electron chi connectivity index (χ1n) is 8.11. The molecule has 1 fully saturated rings. The maximum absolute atomic E-state index is 12.2. The molecule has 0 spiro atoms. The summed E-state index contributed by atoms with van der Waals surface area (Å²) in [5.74, 6) is 1.25. The quantitative estimate of drug-likeness (QED) is 0.858. The summed E-state index contributed by atoms with van der Waals surface area (Å²) in [6.45, 7) is 4.64. The summed E-state index contributed by atoms with van der Waals surface area (Å²) in [6, 6.07) is 12.0. The second-order valence-corrected chi connectivity index (χ2v) is 6.20. The van der Waals surface area contributed by atoms with Crippen molar-refractivity contribution < 1.29 is 4.79 Å². The number of carbonyl (C=O) groups excluding carboxylic acids is 1. The molecular formula is C18H24N4O. The van der Waals surface area contributed by atoms with Gasteiger partial charge in [0.25, 0.3) is 0 Å². The van der Waals surface area contributed by atoms with E-state index in [2.05, 4.69) is 27.1 Å². The monoisotopic (exact) mass is 312 g/mol. The minimum absolute atomic E-state index is 0.291. The Morgan fingerprint density at radius 3 is 2.52 bits per heavy atom. The van der Waals surface area contributed by atoms with Crippen LogP contribution in [0.25, 0.3) is 0 Å². The summed E-state index contributed by atoms with van der Waals surface area (Å²) in [7, 11) is 2.13. The average molecular weight is 312 g/mol. The maximum atomic E-state index is 12.2. The Bertz CT molecular complexity index is 613. The summed E-state index contributed by atoms with van der Waals surface area (Å²) < 4.78 is 0. The SMILES string of the molecule is CN1CCN(CC(=O)Cc2ccc(Nc3ccc[nH]3)cc2)CC1.